The molecule has 1 atom stereocenters. The average molecular weight is 265 g/mol. The molecule has 1 unspecified atom stereocenters. The zero-order valence-electron chi connectivity index (χ0n) is 11.9. The van der Waals surface area contributed by atoms with Gasteiger partial charge in [-0.3, -0.25) is 0 Å². The molecule has 0 saturated heterocycles. The largest absolute Gasteiger partial charge is 0.309 e. The molecule has 0 amide bonds. The maximum absolute atomic E-state index is 3.76. The molecule has 0 aromatic carbocycles. The van der Waals surface area contributed by atoms with Crippen LogP contribution in [0.3, 0.4) is 0 Å². The van der Waals surface area contributed by atoms with E-state index in [0.29, 0.717) is 6.04 Å². The van der Waals surface area contributed by atoms with E-state index in [-0.39, 0.29) is 0 Å². The Kier molecular flexibility index (Phi) is 5.71. The fourth-order valence-electron chi connectivity index (χ4n) is 3.02. The quantitative estimate of drug-likeness (QED) is 0.757. The number of thiophene rings is 1. The van der Waals surface area contributed by atoms with Crippen LogP contribution in [-0.4, -0.2) is 6.54 Å². The zero-order chi connectivity index (χ0) is 12.8. The van der Waals surface area contributed by atoms with Crippen molar-refractivity contribution in [1.82, 2.24) is 5.32 Å². The Bertz CT molecular complexity index is 339. The third-order valence-corrected chi connectivity index (χ3v) is 5.15. The predicted molar refractivity (Wildman–Crippen MR) is 81.3 cm³/mol. The number of hydrogen-bond donors (Lipinski definition) is 1. The third kappa shape index (κ3) is 4.10. The topological polar surface area (TPSA) is 12.0 Å². The van der Waals surface area contributed by atoms with Crippen molar-refractivity contribution in [1.29, 1.82) is 0 Å². The van der Waals surface area contributed by atoms with Gasteiger partial charge in [-0.1, -0.05) is 39.0 Å². The summed E-state index contributed by atoms with van der Waals surface area (Å²) in [6, 6.07) is 5.20. The molecule has 2 heteroatoms. The van der Waals surface area contributed by atoms with E-state index in [0.717, 1.165) is 12.5 Å². The maximum Gasteiger partial charge on any atom is 0.0417 e. The number of aryl methyl sites for hydroxylation is 1. The summed E-state index contributed by atoms with van der Waals surface area (Å²) in [5.41, 5.74) is 0. The lowest BCUT2D eigenvalue weighted by Crippen LogP contribution is -2.24. The Morgan fingerprint density at radius 3 is 2.67 bits per heavy atom. The minimum absolute atomic E-state index is 0.603. The van der Waals surface area contributed by atoms with Crippen LogP contribution in [0, 0.1) is 12.8 Å². The molecule has 1 saturated carbocycles. The lowest BCUT2D eigenvalue weighted by molar-refractivity contribution is 0.301. The van der Waals surface area contributed by atoms with Gasteiger partial charge < -0.3 is 5.32 Å². The van der Waals surface area contributed by atoms with Gasteiger partial charge in [0.15, 0.2) is 0 Å². The van der Waals surface area contributed by atoms with Gasteiger partial charge in [-0.15, -0.1) is 11.3 Å². The Hall–Kier alpha value is -0.340. The Balaban J connectivity index is 1.95. The highest BCUT2D eigenvalue weighted by Gasteiger charge is 2.20. The molecule has 1 nitrogen and oxygen atoms in total. The molecule has 102 valence electrons. The van der Waals surface area contributed by atoms with Gasteiger partial charge in [-0.25, -0.2) is 0 Å². The van der Waals surface area contributed by atoms with Crippen molar-refractivity contribution in [2.45, 2.75) is 64.8 Å². The number of nitrogens with one attached hydrogen (secondary N) is 1. The van der Waals surface area contributed by atoms with Crippen LogP contribution < -0.4 is 5.32 Å². The Morgan fingerprint density at radius 2 is 2.06 bits per heavy atom. The molecule has 0 spiro atoms. The van der Waals surface area contributed by atoms with Gasteiger partial charge in [0.25, 0.3) is 0 Å². The molecule has 1 aliphatic rings. The Labute approximate surface area is 116 Å². The summed E-state index contributed by atoms with van der Waals surface area (Å²) in [6.45, 7) is 5.62. The van der Waals surface area contributed by atoms with Crippen LogP contribution in [0.1, 0.15) is 67.7 Å². The first-order valence-electron chi connectivity index (χ1n) is 7.59. The molecule has 1 aliphatic carbocycles. The van der Waals surface area contributed by atoms with Crippen molar-refractivity contribution in [2.24, 2.45) is 5.92 Å². The molecule has 1 aromatic heterocycles. The fraction of sp³-hybridized carbons (Fsp3) is 0.750. The van der Waals surface area contributed by atoms with Crippen molar-refractivity contribution >= 4 is 11.3 Å². The summed E-state index contributed by atoms with van der Waals surface area (Å²) in [7, 11) is 0. The van der Waals surface area contributed by atoms with Crippen molar-refractivity contribution in [2.75, 3.05) is 6.54 Å². The van der Waals surface area contributed by atoms with Gasteiger partial charge in [0.1, 0.15) is 0 Å². The maximum atomic E-state index is 3.76. The van der Waals surface area contributed by atoms with Crippen molar-refractivity contribution in [3.8, 4) is 0 Å². The lowest BCUT2D eigenvalue weighted by Gasteiger charge is -2.26. The molecular weight excluding hydrogens is 238 g/mol. The predicted octanol–water partition coefficient (Wildman–Crippen LogP) is 5.07. The van der Waals surface area contributed by atoms with Crippen molar-refractivity contribution in [3.63, 3.8) is 0 Å². The van der Waals surface area contributed by atoms with Crippen molar-refractivity contribution < 1.29 is 0 Å². The minimum atomic E-state index is 0.603. The molecule has 0 aliphatic heterocycles. The molecule has 1 N–H and O–H groups in total. The minimum Gasteiger partial charge on any atom is -0.309 e. The standard InChI is InChI=1S/C16H27NS/c1-3-11-17-15(16-10-9-13(2)18-16)12-14-7-5-4-6-8-14/h9-10,14-15,17H,3-8,11-12H2,1-2H3. The van der Waals surface area contributed by atoms with Crippen LogP contribution >= 0.6 is 11.3 Å². The van der Waals surface area contributed by atoms with Gasteiger partial charge in [0, 0.05) is 15.8 Å². The van der Waals surface area contributed by atoms with E-state index in [1.54, 1.807) is 4.88 Å². The first-order chi connectivity index (χ1) is 8.79. The van der Waals surface area contributed by atoms with Crippen LogP contribution in [0.4, 0.5) is 0 Å². The summed E-state index contributed by atoms with van der Waals surface area (Å²) in [6.07, 6.45) is 9.85. The number of rotatable bonds is 6. The van der Waals surface area contributed by atoms with E-state index in [2.05, 4.69) is 31.3 Å². The van der Waals surface area contributed by atoms with E-state index in [1.807, 2.05) is 11.3 Å². The molecule has 2 rings (SSSR count). The van der Waals surface area contributed by atoms with Crippen LogP contribution in [0.25, 0.3) is 0 Å². The molecule has 18 heavy (non-hydrogen) atoms. The van der Waals surface area contributed by atoms with Gasteiger partial charge in [-0.05, 0) is 44.4 Å². The first-order valence-corrected chi connectivity index (χ1v) is 8.41. The van der Waals surface area contributed by atoms with Crippen LogP contribution in [0.5, 0.6) is 0 Å². The summed E-state index contributed by atoms with van der Waals surface area (Å²) in [5, 5.41) is 3.76. The monoisotopic (exact) mass is 265 g/mol. The van der Waals surface area contributed by atoms with Gasteiger partial charge >= 0.3 is 0 Å². The molecule has 0 radical (unpaired) electrons. The molecule has 1 heterocycles. The summed E-state index contributed by atoms with van der Waals surface area (Å²) in [4.78, 5) is 2.99. The normalized spacial score (nSPS) is 19.0. The van der Waals surface area contributed by atoms with E-state index >= 15 is 0 Å². The van der Waals surface area contributed by atoms with E-state index in [1.165, 1.54) is 49.8 Å². The lowest BCUT2D eigenvalue weighted by atomic mass is 9.84. The fourth-order valence-corrected chi connectivity index (χ4v) is 3.98. The van der Waals surface area contributed by atoms with Crippen LogP contribution in [0.15, 0.2) is 12.1 Å². The molecule has 1 fully saturated rings. The van der Waals surface area contributed by atoms with Gasteiger partial charge in [0.2, 0.25) is 0 Å². The summed E-state index contributed by atoms with van der Waals surface area (Å²) < 4.78 is 0. The zero-order valence-corrected chi connectivity index (χ0v) is 12.7. The van der Waals surface area contributed by atoms with Crippen LogP contribution in [-0.2, 0) is 0 Å². The van der Waals surface area contributed by atoms with Crippen LogP contribution in [0.2, 0.25) is 0 Å². The highest BCUT2D eigenvalue weighted by molar-refractivity contribution is 7.12. The second-order valence-corrected chi connectivity index (χ2v) is 7.01. The van der Waals surface area contributed by atoms with E-state index < -0.39 is 0 Å². The highest BCUT2D eigenvalue weighted by atomic mass is 32.1. The first kappa shape index (κ1) is 14.1. The summed E-state index contributed by atoms with van der Waals surface area (Å²) in [5.74, 6) is 0.954. The number of hydrogen-bond acceptors (Lipinski definition) is 2. The van der Waals surface area contributed by atoms with Gasteiger partial charge in [-0.2, -0.15) is 0 Å². The third-order valence-electron chi connectivity index (χ3n) is 4.04. The molecule has 0 bridgehead atoms. The average Bonchev–Trinajstić information content (AvgIpc) is 2.82. The van der Waals surface area contributed by atoms with E-state index in [4.69, 9.17) is 0 Å². The van der Waals surface area contributed by atoms with E-state index in [9.17, 15) is 0 Å². The highest BCUT2D eigenvalue weighted by Crippen LogP contribution is 2.34. The summed E-state index contributed by atoms with van der Waals surface area (Å²) >= 11 is 1.97. The second kappa shape index (κ2) is 7.30. The molecular formula is C16H27NS. The SMILES string of the molecule is CCCNC(CC1CCCCC1)c1ccc(C)s1. The second-order valence-electron chi connectivity index (χ2n) is 5.69. The van der Waals surface area contributed by atoms with Gasteiger partial charge in [0.05, 0.1) is 0 Å². The Morgan fingerprint density at radius 1 is 1.28 bits per heavy atom. The molecule has 1 aromatic rings. The smallest absolute Gasteiger partial charge is 0.0417 e. The van der Waals surface area contributed by atoms with Crippen molar-refractivity contribution in [3.05, 3.63) is 21.9 Å².